The summed E-state index contributed by atoms with van der Waals surface area (Å²) in [5, 5.41) is 25.5. The van der Waals surface area contributed by atoms with Crippen molar-refractivity contribution in [1.82, 2.24) is 39.0 Å². The number of aliphatic hydroxyl groups is 2. The topological polar surface area (TPSA) is 223 Å². The second-order valence-corrected chi connectivity index (χ2v) is 14.5. The Hall–Kier alpha value is -2.78. The number of nitrogens with one attached hydrogen (secondary N) is 2. The van der Waals surface area contributed by atoms with Gasteiger partial charge in [-0.05, 0) is 6.42 Å². The van der Waals surface area contributed by atoms with Crippen molar-refractivity contribution in [1.29, 1.82) is 0 Å². The van der Waals surface area contributed by atoms with Gasteiger partial charge in [0.25, 0.3) is 0 Å². The largest absolute Gasteiger partial charge is 0.394 e. The molecular formula is C25H32F2N10O8P2S2. The van der Waals surface area contributed by atoms with E-state index in [-0.39, 0.29) is 11.3 Å². The maximum absolute atomic E-state index is 15.2. The molecule has 18 nitrogen and oxygen atoms in total. The molecule has 4 aromatic rings. The summed E-state index contributed by atoms with van der Waals surface area (Å²) in [6.45, 7) is -0.245. The molecule has 2 fully saturated rings. The summed E-state index contributed by atoms with van der Waals surface area (Å²) in [7, 11) is -5.57. The van der Waals surface area contributed by atoms with E-state index >= 15 is 8.78 Å². The molecule has 4 aromatic heterocycles. The normalized spacial score (nSPS) is 28.5. The van der Waals surface area contributed by atoms with Crippen LogP contribution in [0.2, 0.25) is 0 Å². The van der Waals surface area contributed by atoms with Crippen LogP contribution in [0, 0.1) is 0 Å². The molecule has 10 atom stereocenters. The lowest BCUT2D eigenvalue weighted by molar-refractivity contribution is -0.0427. The molecule has 6 rings (SSSR count). The molecule has 4 N–H and O–H groups in total. The number of imidazole rings is 2. The highest BCUT2D eigenvalue weighted by Crippen LogP contribution is 2.42. The Balaban J connectivity index is 1.03. The van der Waals surface area contributed by atoms with E-state index in [9.17, 15) is 19.3 Å². The van der Waals surface area contributed by atoms with Crippen LogP contribution in [0.3, 0.4) is 0 Å². The van der Waals surface area contributed by atoms with Crippen molar-refractivity contribution in [2.24, 2.45) is 0 Å². The summed E-state index contributed by atoms with van der Waals surface area (Å²) in [6.07, 6.45) is -0.955. The molecule has 0 radical (unpaired) electrons. The third kappa shape index (κ3) is 7.63. The fraction of sp³-hybridized carbons (Fsp3) is 0.520. The van der Waals surface area contributed by atoms with Gasteiger partial charge in [0, 0.05) is 13.1 Å². The maximum Gasteiger partial charge on any atom is 0.243 e. The van der Waals surface area contributed by atoms with Crippen LogP contribution in [-0.4, -0.2) is 112 Å². The molecule has 0 bridgehead atoms. The number of aliphatic hydroxyl groups excluding tert-OH is 2. The van der Waals surface area contributed by atoms with Crippen molar-refractivity contribution in [3.05, 3.63) is 37.5 Å². The molecule has 2 aliphatic rings. The van der Waals surface area contributed by atoms with Gasteiger partial charge in [-0.25, -0.2) is 38.7 Å². The number of aromatic nitrogens is 8. The minimum Gasteiger partial charge on any atom is -0.394 e. The first-order chi connectivity index (χ1) is 23.7. The highest BCUT2D eigenvalue weighted by Gasteiger charge is 2.49. The fourth-order valence-electron chi connectivity index (χ4n) is 5.61. The van der Waals surface area contributed by atoms with Crippen molar-refractivity contribution in [3.63, 3.8) is 0 Å². The molecule has 24 heteroatoms. The first-order valence-electron chi connectivity index (χ1n) is 14.8. The third-order valence-electron chi connectivity index (χ3n) is 7.79. The van der Waals surface area contributed by atoms with Crippen LogP contribution in [0.15, 0.2) is 37.5 Å². The molecule has 6 heterocycles. The van der Waals surface area contributed by atoms with Crippen LogP contribution in [0.1, 0.15) is 18.9 Å². The zero-order chi connectivity index (χ0) is 34.7. The standard InChI is InChI=1S/C25H32F2N10O8P2S2/c26-14-18(44-46(40)48)12(6-38)42-24(14)36-10-34-16-20(30-8-32-22(16)36)28-4-2-1-3-5-29-21-17-23(33-9-31-21)37(11-35-17)25-15(27)19(45-47(41)49)13(7-39)43-25/h1-2,8-15,18-19,24-25,38-39,46-47H,3-7H2,(H,40,48)(H,41,49)(H,28,30,32)(H,29,31,33)/b2-1+/t12?,13?,14-,15-,18-,19-,24-,25?/m1/s1. The Morgan fingerprint density at radius 2 is 1.29 bits per heavy atom. The van der Waals surface area contributed by atoms with E-state index < -0.39 is 76.9 Å². The Morgan fingerprint density at radius 3 is 1.76 bits per heavy atom. The minimum atomic E-state index is -2.79. The highest BCUT2D eigenvalue weighted by molar-refractivity contribution is 8.39. The van der Waals surface area contributed by atoms with Gasteiger partial charge in [-0.2, -0.15) is 0 Å². The van der Waals surface area contributed by atoms with Crippen molar-refractivity contribution < 1.29 is 46.6 Å². The number of thiol groups is 2. The fourth-order valence-corrected chi connectivity index (χ4v) is 7.37. The predicted octanol–water partition coefficient (Wildman–Crippen LogP) is 2.30. The van der Waals surface area contributed by atoms with Gasteiger partial charge < -0.3 is 39.4 Å². The second-order valence-electron chi connectivity index (χ2n) is 10.7. The molecule has 0 aromatic carbocycles. The lowest BCUT2D eigenvalue weighted by Crippen LogP contribution is -2.31. The smallest absolute Gasteiger partial charge is 0.243 e. The summed E-state index contributed by atoms with van der Waals surface area (Å²) in [5.41, 5.74) is 1.31. The van der Waals surface area contributed by atoms with Crippen LogP contribution in [0.25, 0.3) is 22.3 Å². The number of alkyl halides is 2. The van der Waals surface area contributed by atoms with Crippen LogP contribution in [0.4, 0.5) is 20.4 Å². The van der Waals surface area contributed by atoms with Gasteiger partial charge >= 0.3 is 0 Å². The first-order valence-corrected chi connectivity index (χ1v) is 20.0. The molecule has 49 heavy (non-hydrogen) atoms. The van der Waals surface area contributed by atoms with Crippen molar-refractivity contribution in [3.8, 4) is 0 Å². The van der Waals surface area contributed by atoms with Gasteiger partial charge in [-0.1, -0.05) is 36.6 Å². The zero-order valence-electron chi connectivity index (χ0n) is 25.2. The molecule has 0 aliphatic carbocycles. The van der Waals surface area contributed by atoms with E-state index in [4.69, 9.17) is 18.5 Å². The Labute approximate surface area is 288 Å². The lowest BCUT2D eigenvalue weighted by Gasteiger charge is -2.16. The number of fused-ring (bicyclic) bond motifs is 2. The van der Waals surface area contributed by atoms with Gasteiger partial charge in [-0.3, -0.25) is 18.3 Å². The van der Waals surface area contributed by atoms with E-state index in [0.29, 0.717) is 42.2 Å². The lowest BCUT2D eigenvalue weighted by atomic mass is 10.1. The molecule has 2 saturated heterocycles. The van der Waals surface area contributed by atoms with E-state index in [1.165, 1.54) is 34.4 Å². The number of hydrogen-bond acceptors (Lipinski definition) is 16. The van der Waals surface area contributed by atoms with Gasteiger partial charge in [0.2, 0.25) is 14.5 Å². The van der Waals surface area contributed by atoms with Crippen LogP contribution >= 0.6 is 39.0 Å². The average molecular weight is 765 g/mol. The minimum absolute atomic E-state index is 0.283. The van der Waals surface area contributed by atoms with E-state index in [1.54, 1.807) is 0 Å². The molecule has 0 spiro atoms. The SMILES string of the molecule is O=[PH](S)O[C@@H]1C(CO)O[C@@H](n2cnc3c(NC/C=C/CCNc4ncnc5c4ncn5C4OC(CO)[C@@H](O[PH](=O)S)[C@H]4F)ncnc32)[C@@H]1F. The van der Waals surface area contributed by atoms with Gasteiger partial charge in [-0.15, -0.1) is 0 Å². The number of anilines is 2. The summed E-state index contributed by atoms with van der Waals surface area (Å²) in [5.74, 6) is 0.815. The van der Waals surface area contributed by atoms with Crippen LogP contribution in [-0.2, 0) is 27.7 Å². The van der Waals surface area contributed by atoms with E-state index in [2.05, 4.69) is 65.0 Å². The molecule has 5 unspecified atom stereocenters. The summed E-state index contributed by atoms with van der Waals surface area (Å²) < 4.78 is 77.6. The van der Waals surface area contributed by atoms with Crippen molar-refractivity contribution >= 4 is 72.9 Å². The summed E-state index contributed by atoms with van der Waals surface area (Å²) in [4.78, 5) is 25.6. The number of rotatable bonds is 15. The predicted molar refractivity (Wildman–Crippen MR) is 179 cm³/mol. The maximum atomic E-state index is 15.2. The van der Waals surface area contributed by atoms with Crippen LogP contribution in [0.5, 0.6) is 0 Å². The number of hydrogen-bond donors (Lipinski definition) is 6. The first kappa shape index (κ1) is 36.0. The highest BCUT2D eigenvalue weighted by atomic mass is 32.7. The Morgan fingerprint density at radius 1 is 0.796 bits per heavy atom. The Bertz CT molecular complexity index is 1840. The number of ether oxygens (including phenoxy) is 2. The Kier molecular flexibility index (Phi) is 11.8. The summed E-state index contributed by atoms with van der Waals surface area (Å²) >= 11 is 7.43. The molecule has 266 valence electrons. The zero-order valence-corrected chi connectivity index (χ0v) is 29.0. The van der Waals surface area contributed by atoms with Gasteiger partial charge in [0.05, 0.1) is 25.9 Å². The van der Waals surface area contributed by atoms with Crippen molar-refractivity contribution in [2.45, 2.75) is 55.6 Å². The van der Waals surface area contributed by atoms with E-state index in [1.807, 2.05) is 12.2 Å². The van der Waals surface area contributed by atoms with Gasteiger partial charge in [0.1, 0.15) is 37.1 Å². The number of halogens is 2. The third-order valence-corrected chi connectivity index (χ3v) is 9.37. The molecular weight excluding hydrogens is 732 g/mol. The quantitative estimate of drug-likeness (QED) is 0.0442. The molecule has 0 saturated carbocycles. The van der Waals surface area contributed by atoms with E-state index in [0.717, 1.165) is 0 Å². The molecule has 2 aliphatic heterocycles. The number of nitrogens with zero attached hydrogens (tertiary/aromatic N) is 8. The average Bonchev–Trinajstić information content (AvgIpc) is 3.85. The van der Waals surface area contributed by atoms with Crippen molar-refractivity contribution in [2.75, 3.05) is 36.9 Å². The second kappa shape index (κ2) is 16.1. The molecule has 0 amide bonds. The van der Waals surface area contributed by atoms with Gasteiger partial charge in [0.15, 0.2) is 58.8 Å². The summed E-state index contributed by atoms with van der Waals surface area (Å²) in [6, 6.07) is 0. The monoisotopic (exact) mass is 764 g/mol. The van der Waals surface area contributed by atoms with Crippen LogP contribution < -0.4 is 10.6 Å².